The molecule has 0 bridgehead atoms. The monoisotopic (exact) mass is 278 g/mol. The van der Waals surface area contributed by atoms with Gasteiger partial charge in [-0.2, -0.15) is 4.39 Å². The fraction of sp³-hybridized carbons (Fsp3) is 0.500. The van der Waals surface area contributed by atoms with Crippen LogP contribution in [0, 0.1) is 5.95 Å². The average Bonchev–Trinajstić information content (AvgIpc) is 2.57. The molecule has 1 aliphatic rings. The smallest absolute Gasteiger partial charge is 0.400 e. The summed E-state index contributed by atoms with van der Waals surface area (Å²) in [5, 5.41) is 0. The summed E-state index contributed by atoms with van der Waals surface area (Å²) >= 11 is 0. The molecular weight excluding hydrogens is 258 g/mol. The number of rotatable bonds is 3. The molecule has 0 spiro atoms. The van der Waals surface area contributed by atoms with E-state index in [9.17, 15) is 4.39 Å². The van der Waals surface area contributed by atoms with Crippen molar-refractivity contribution in [3.63, 3.8) is 0 Å². The van der Waals surface area contributed by atoms with E-state index >= 15 is 0 Å². The van der Waals surface area contributed by atoms with E-state index < -0.39 is 24.3 Å². The Morgan fingerprint density at radius 3 is 2.35 bits per heavy atom. The molecule has 6 heteroatoms. The Kier molecular flexibility index (Phi) is 4.00. The molecule has 1 saturated heterocycles. The average molecular weight is 278 g/mol. The lowest BCUT2D eigenvalue weighted by molar-refractivity contribution is 0.00578. The number of aromatic nitrogens is 1. The Balaban J connectivity index is 2.24. The van der Waals surface area contributed by atoms with E-state index in [1.54, 1.807) is 6.07 Å². The molecule has 1 aromatic heterocycles. The van der Waals surface area contributed by atoms with Crippen molar-refractivity contribution in [2.24, 2.45) is 5.73 Å². The van der Waals surface area contributed by atoms with Crippen molar-refractivity contribution in [3.05, 3.63) is 35.3 Å². The van der Waals surface area contributed by atoms with Crippen molar-refractivity contribution < 1.29 is 13.7 Å². The summed E-state index contributed by atoms with van der Waals surface area (Å²) in [6.07, 6.45) is 3.28. The highest BCUT2D eigenvalue weighted by Crippen LogP contribution is 2.38. The zero-order chi connectivity index (χ0) is 15.0. The molecule has 2 N–H and O–H groups in total. The van der Waals surface area contributed by atoms with Crippen molar-refractivity contribution in [1.29, 1.82) is 0 Å². The molecular formula is C14H20BFN2O2. The first-order valence-corrected chi connectivity index (χ1v) is 6.63. The van der Waals surface area contributed by atoms with Crippen LogP contribution in [0.15, 0.2) is 23.8 Å². The Bertz CT molecular complexity index is 498. The van der Waals surface area contributed by atoms with Crippen LogP contribution in [-0.4, -0.2) is 29.8 Å². The van der Waals surface area contributed by atoms with Crippen LogP contribution in [0.5, 0.6) is 0 Å². The number of hydrogen-bond acceptors (Lipinski definition) is 4. The molecule has 1 fully saturated rings. The third-order valence-corrected chi connectivity index (χ3v) is 3.89. The first-order valence-electron chi connectivity index (χ1n) is 6.63. The Hall–Kier alpha value is -1.24. The lowest BCUT2D eigenvalue weighted by Gasteiger charge is -2.32. The highest BCUT2D eigenvalue weighted by molar-refractivity contribution is 6.55. The van der Waals surface area contributed by atoms with Crippen LogP contribution < -0.4 is 5.73 Å². The van der Waals surface area contributed by atoms with Crippen molar-refractivity contribution in [1.82, 2.24) is 4.98 Å². The predicted molar refractivity (Wildman–Crippen MR) is 77.3 cm³/mol. The Morgan fingerprint density at radius 1 is 1.30 bits per heavy atom. The van der Waals surface area contributed by atoms with E-state index in [4.69, 9.17) is 15.0 Å². The van der Waals surface area contributed by atoms with Gasteiger partial charge in [-0.25, -0.2) is 4.98 Å². The molecule has 0 aromatic carbocycles. The number of pyridine rings is 1. The highest BCUT2D eigenvalue weighted by atomic mass is 19.1. The highest BCUT2D eigenvalue weighted by Gasteiger charge is 2.52. The molecule has 1 aromatic rings. The quantitative estimate of drug-likeness (QED) is 0.680. The standard InChI is InChI=1S/C14H20BFN2O2/c1-13(2)14(3,4)20-15(19-13)11(8-17)7-10-5-6-12(16)18-9-10/h5-7,9H,8,17H2,1-4H3. The predicted octanol–water partition coefficient (Wildman–Crippen LogP) is 2.19. The first-order chi connectivity index (χ1) is 9.25. The van der Waals surface area contributed by atoms with Gasteiger partial charge in [0.1, 0.15) is 0 Å². The summed E-state index contributed by atoms with van der Waals surface area (Å²) in [4.78, 5) is 3.62. The fourth-order valence-corrected chi connectivity index (χ4v) is 1.90. The van der Waals surface area contributed by atoms with Gasteiger partial charge in [0.05, 0.1) is 11.2 Å². The van der Waals surface area contributed by atoms with E-state index in [0.29, 0.717) is 6.54 Å². The second-order valence-electron chi connectivity index (χ2n) is 5.93. The van der Waals surface area contributed by atoms with Gasteiger partial charge >= 0.3 is 7.12 Å². The van der Waals surface area contributed by atoms with Gasteiger partial charge in [-0.15, -0.1) is 0 Å². The Morgan fingerprint density at radius 2 is 1.90 bits per heavy atom. The van der Waals surface area contributed by atoms with Crippen LogP contribution in [0.2, 0.25) is 0 Å². The van der Waals surface area contributed by atoms with E-state index in [1.165, 1.54) is 12.3 Å². The second kappa shape index (κ2) is 5.28. The summed E-state index contributed by atoms with van der Waals surface area (Å²) in [5.41, 5.74) is 6.53. The van der Waals surface area contributed by atoms with E-state index in [0.717, 1.165) is 11.0 Å². The fourth-order valence-electron chi connectivity index (χ4n) is 1.90. The first kappa shape index (κ1) is 15.2. The van der Waals surface area contributed by atoms with Crippen molar-refractivity contribution in [2.45, 2.75) is 38.9 Å². The molecule has 0 radical (unpaired) electrons. The lowest BCUT2D eigenvalue weighted by Crippen LogP contribution is -2.41. The molecule has 0 atom stereocenters. The van der Waals surface area contributed by atoms with Gasteiger partial charge in [0.2, 0.25) is 5.95 Å². The van der Waals surface area contributed by atoms with Crippen LogP contribution in [0.3, 0.4) is 0 Å². The van der Waals surface area contributed by atoms with E-state index in [1.807, 2.05) is 33.8 Å². The summed E-state index contributed by atoms with van der Waals surface area (Å²) in [5.74, 6) is -0.507. The van der Waals surface area contributed by atoms with Gasteiger partial charge in [0, 0.05) is 12.7 Å². The van der Waals surface area contributed by atoms with Crippen LogP contribution in [-0.2, 0) is 9.31 Å². The third kappa shape index (κ3) is 2.92. The third-order valence-electron chi connectivity index (χ3n) is 3.89. The van der Waals surface area contributed by atoms with Crippen LogP contribution in [0.25, 0.3) is 6.08 Å². The minimum atomic E-state index is -0.507. The van der Waals surface area contributed by atoms with Crippen LogP contribution >= 0.6 is 0 Å². The zero-order valence-electron chi connectivity index (χ0n) is 12.3. The van der Waals surface area contributed by atoms with Gasteiger partial charge in [0.15, 0.2) is 0 Å². The van der Waals surface area contributed by atoms with Crippen molar-refractivity contribution in [2.75, 3.05) is 6.54 Å². The Labute approximate surface area is 119 Å². The zero-order valence-corrected chi connectivity index (χ0v) is 12.3. The van der Waals surface area contributed by atoms with Gasteiger partial charge in [-0.05, 0) is 50.9 Å². The summed E-state index contributed by atoms with van der Waals surface area (Å²) in [6, 6.07) is 2.95. The molecule has 4 nitrogen and oxygen atoms in total. The summed E-state index contributed by atoms with van der Waals surface area (Å²) in [6.45, 7) is 8.25. The van der Waals surface area contributed by atoms with E-state index in [2.05, 4.69) is 4.98 Å². The lowest BCUT2D eigenvalue weighted by atomic mass is 9.77. The van der Waals surface area contributed by atoms with Crippen LogP contribution in [0.4, 0.5) is 4.39 Å². The maximum Gasteiger partial charge on any atom is 0.491 e. The summed E-state index contributed by atoms with van der Waals surface area (Å²) in [7, 11) is -0.491. The maximum atomic E-state index is 12.8. The minimum Gasteiger partial charge on any atom is -0.400 e. The minimum absolute atomic E-state index is 0.300. The van der Waals surface area contributed by atoms with Gasteiger partial charge in [0.25, 0.3) is 0 Å². The molecule has 20 heavy (non-hydrogen) atoms. The number of hydrogen-bond donors (Lipinski definition) is 1. The molecule has 0 unspecified atom stereocenters. The summed E-state index contributed by atoms with van der Waals surface area (Å²) < 4.78 is 24.7. The maximum absolute atomic E-state index is 12.8. The SMILES string of the molecule is CC1(C)OB(C(=Cc2ccc(F)nc2)CN)OC1(C)C. The molecule has 1 aliphatic heterocycles. The molecule has 0 aliphatic carbocycles. The number of halogens is 1. The molecule has 2 rings (SSSR count). The molecule has 108 valence electrons. The number of nitrogens with two attached hydrogens (primary N) is 1. The normalized spacial score (nSPS) is 21.3. The molecule has 0 saturated carbocycles. The van der Waals surface area contributed by atoms with E-state index in [-0.39, 0.29) is 0 Å². The topological polar surface area (TPSA) is 57.4 Å². The van der Waals surface area contributed by atoms with Gasteiger partial charge in [-0.3, -0.25) is 0 Å². The van der Waals surface area contributed by atoms with Gasteiger partial charge in [-0.1, -0.05) is 6.08 Å². The van der Waals surface area contributed by atoms with Crippen molar-refractivity contribution in [3.8, 4) is 0 Å². The second-order valence-corrected chi connectivity index (χ2v) is 5.93. The molecule has 2 heterocycles. The van der Waals surface area contributed by atoms with Gasteiger partial charge < -0.3 is 15.0 Å². The number of nitrogens with zero attached hydrogens (tertiary/aromatic N) is 1. The molecule has 0 amide bonds. The largest absolute Gasteiger partial charge is 0.491 e. The van der Waals surface area contributed by atoms with Crippen LogP contribution in [0.1, 0.15) is 33.3 Å². The van der Waals surface area contributed by atoms with Crippen molar-refractivity contribution >= 4 is 13.2 Å².